The average molecular weight is 618 g/mol. The largest absolute Gasteiger partial charge is 1.00 e. The van der Waals surface area contributed by atoms with Crippen LogP contribution in [0, 0.1) is 0 Å². The molecule has 0 unspecified atom stereocenters. The third kappa shape index (κ3) is 8.83. The number of thiophene rings is 1. The molecule has 0 atom stereocenters. The zero-order chi connectivity index (χ0) is 30.2. The summed E-state index contributed by atoms with van der Waals surface area (Å²) in [6, 6.07) is 29.2. The molecule has 0 fully saturated rings. The van der Waals surface area contributed by atoms with E-state index in [0.29, 0.717) is 25.6 Å². The van der Waals surface area contributed by atoms with Gasteiger partial charge in [0.05, 0.1) is 23.5 Å². The van der Waals surface area contributed by atoms with Gasteiger partial charge in [-0.25, -0.2) is 4.98 Å². The summed E-state index contributed by atoms with van der Waals surface area (Å²) in [6.07, 6.45) is 4.87. The van der Waals surface area contributed by atoms with Gasteiger partial charge < -0.3 is 19.2 Å². The second kappa shape index (κ2) is 16.4. The molecule has 2 aromatic heterocycles. The first-order valence-electron chi connectivity index (χ1n) is 15.2. The van der Waals surface area contributed by atoms with Crippen LogP contribution in [-0.2, 0) is 31.5 Å². The molecule has 8 heteroatoms. The van der Waals surface area contributed by atoms with Crippen LogP contribution in [0.2, 0.25) is 0 Å². The summed E-state index contributed by atoms with van der Waals surface area (Å²) in [6.45, 7) is 5.78. The van der Waals surface area contributed by atoms with Crippen LogP contribution in [0.15, 0.2) is 84.9 Å². The quantitative estimate of drug-likeness (QED) is 0.164. The van der Waals surface area contributed by atoms with E-state index in [0.717, 1.165) is 43.5 Å². The Morgan fingerprint density at radius 1 is 0.932 bits per heavy atom. The number of hydrogen-bond donors (Lipinski definition) is 0. The molecule has 0 amide bonds. The van der Waals surface area contributed by atoms with Gasteiger partial charge in [0, 0.05) is 29.9 Å². The molecule has 0 aliphatic carbocycles. The SMILES string of the molecule is CCCC(CCC)c1ccc(OCc2ccc(-c3ccc(CN(CC(=O)[O-])Cc4nc5ccccc5n4C)s3)cc2)cc1.[Na+]. The molecule has 3 aromatic carbocycles. The number of ether oxygens (including phenoxy) is 1. The number of rotatable bonds is 15. The van der Waals surface area contributed by atoms with Crippen molar-refractivity contribution in [3.8, 4) is 16.2 Å². The molecule has 44 heavy (non-hydrogen) atoms. The van der Waals surface area contributed by atoms with Gasteiger partial charge in [-0.3, -0.25) is 4.90 Å². The van der Waals surface area contributed by atoms with Crippen molar-refractivity contribution in [3.63, 3.8) is 0 Å². The van der Waals surface area contributed by atoms with E-state index >= 15 is 0 Å². The number of nitrogens with zero attached hydrogens (tertiary/aromatic N) is 3. The van der Waals surface area contributed by atoms with Gasteiger partial charge in [-0.15, -0.1) is 11.3 Å². The van der Waals surface area contributed by atoms with E-state index in [1.165, 1.54) is 31.2 Å². The Kier molecular flexibility index (Phi) is 12.6. The van der Waals surface area contributed by atoms with Gasteiger partial charge in [-0.05, 0) is 71.8 Å². The van der Waals surface area contributed by atoms with Gasteiger partial charge in [0.25, 0.3) is 0 Å². The first-order chi connectivity index (χ1) is 20.9. The second-order valence-corrected chi connectivity index (χ2v) is 12.4. The Bertz CT molecular complexity index is 1620. The molecule has 0 aliphatic heterocycles. The molecule has 0 saturated heterocycles. The van der Waals surface area contributed by atoms with Crippen LogP contribution in [0.25, 0.3) is 21.5 Å². The maximum absolute atomic E-state index is 11.6. The summed E-state index contributed by atoms with van der Waals surface area (Å²) in [4.78, 5) is 20.4. The number of aliphatic carboxylic acids is 1. The van der Waals surface area contributed by atoms with E-state index in [2.05, 4.69) is 74.5 Å². The summed E-state index contributed by atoms with van der Waals surface area (Å²) in [7, 11) is 1.96. The minimum atomic E-state index is -1.10. The first-order valence-corrected chi connectivity index (χ1v) is 16.0. The van der Waals surface area contributed by atoms with Gasteiger partial charge in [0.1, 0.15) is 18.2 Å². The number of benzene rings is 3. The Hall–Kier alpha value is -2.94. The van der Waals surface area contributed by atoms with E-state index in [9.17, 15) is 9.90 Å². The van der Waals surface area contributed by atoms with Crippen LogP contribution < -0.4 is 39.4 Å². The molecule has 6 nitrogen and oxygen atoms in total. The van der Waals surface area contributed by atoms with Crippen LogP contribution in [0.1, 0.15) is 67.3 Å². The van der Waals surface area contributed by atoms with Crippen molar-refractivity contribution in [2.24, 2.45) is 7.05 Å². The molecule has 5 rings (SSSR count). The van der Waals surface area contributed by atoms with Gasteiger partial charge in [0.15, 0.2) is 0 Å². The van der Waals surface area contributed by atoms with Crippen molar-refractivity contribution >= 4 is 28.3 Å². The fourth-order valence-electron chi connectivity index (χ4n) is 5.67. The van der Waals surface area contributed by atoms with Crippen molar-refractivity contribution in [3.05, 3.63) is 107 Å². The van der Waals surface area contributed by atoms with Crippen LogP contribution in [0.5, 0.6) is 5.75 Å². The van der Waals surface area contributed by atoms with Crippen molar-refractivity contribution in [2.75, 3.05) is 6.54 Å². The number of hydrogen-bond acceptors (Lipinski definition) is 6. The fourth-order valence-corrected chi connectivity index (χ4v) is 6.72. The number of fused-ring (bicyclic) bond motifs is 1. The summed E-state index contributed by atoms with van der Waals surface area (Å²) in [5, 5.41) is 11.6. The first kappa shape index (κ1) is 33.9. The number of carboxylic acids is 1. The molecule has 2 heterocycles. The number of aromatic nitrogens is 2. The monoisotopic (exact) mass is 617 g/mol. The Labute approximate surface area is 287 Å². The summed E-state index contributed by atoms with van der Waals surface area (Å²) in [5.41, 5.74) is 5.58. The van der Waals surface area contributed by atoms with Gasteiger partial charge in [-0.1, -0.05) is 75.2 Å². The predicted octanol–water partition coefficient (Wildman–Crippen LogP) is 4.32. The summed E-state index contributed by atoms with van der Waals surface area (Å²) in [5.74, 6) is 1.25. The van der Waals surface area contributed by atoms with Crippen molar-refractivity contribution in [2.45, 2.75) is 65.1 Å². The van der Waals surface area contributed by atoms with Gasteiger partial charge >= 0.3 is 29.6 Å². The standard InChI is InChI=1S/C36H41N3O3S.Na/c1-4-8-27(9-5-2)28-16-18-30(19-17-28)42-25-26-12-14-29(15-13-26)34-21-20-31(43-34)22-39(24-36(40)41)23-35-37-32-10-6-7-11-33(32)38(35)3;/h6-7,10-21,27H,4-5,8-9,22-25H2,1-3H3,(H,40,41);/q;+1/p-1. The van der Waals surface area contributed by atoms with E-state index in [1.807, 2.05) is 40.8 Å². The van der Waals surface area contributed by atoms with E-state index in [-0.39, 0.29) is 36.1 Å². The van der Waals surface area contributed by atoms with E-state index in [4.69, 9.17) is 9.72 Å². The minimum absolute atomic E-state index is 0. The Morgan fingerprint density at radius 2 is 1.64 bits per heavy atom. The normalized spacial score (nSPS) is 11.3. The molecule has 0 saturated carbocycles. The molecule has 0 bridgehead atoms. The predicted molar refractivity (Wildman–Crippen MR) is 173 cm³/mol. The van der Waals surface area contributed by atoms with E-state index in [1.54, 1.807) is 11.3 Å². The summed E-state index contributed by atoms with van der Waals surface area (Å²) < 4.78 is 8.11. The number of carbonyl (C=O) groups excluding carboxylic acids is 1. The smallest absolute Gasteiger partial charge is 0.549 e. The topological polar surface area (TPSA) is 70.4 Å². The number of para-hydroxylation sites is 2. The molecule has 0 spiro atoms. The third-order valence-electron chi connectivity index (χ3n) is 7.91. The van der Waals surface area contributed by atoms with Gasteiger partial charge in [0.2, 0.25) is 0 Å². The maximum Gasteiger partial charge on any atom is 1.00 e. The molecule has 0 aliphatic rings. The molecule has 0 radical (unpaired) electrons. The maximum atomic E-state index is 11.6. The van der Waals surface area contributed by atoms with Crippen molar-refractivity contribution in [1.29, 1.82) is 0 Å². The average Bonchev–Trinajstić information content (AvgIpc) is 3.60. The van der Waals surface area contributed by atoms with Gasteiger partial charge in [-0.2, -0.15) is 0 Å². The van der Waals surface area contributed by atoms with Crippen LogP contribution >= 0.6 is 11.3 Å². The van der Waals surface area contributed by atoms with Crippen LogP contribution in [0.3, 0.4) is 0 Å². The molecule has 224 valence electrons. The Morgan fingerprint density at radius 3 is 2.30 bits per heavy atom. The van der Waals surface area contributed by atoms with Crippen LogP contribution in [-0.4, -0.2) is 27.0 Å². The zero-order valence-electron chi connectivity index (χ0n) is 26.3. The second-order valence-electron chi connectivity index (χ2n) is 11.2. The van der Waals surface area contributed by atoms with Crippen molar-refractivity contribution < 1.29 is 44.2 Å². The fraction of sp³-hybridized carbons (Fsp3) is 0.333. The summed E-state index contributed by atoms with van der Waals surface area (Å²) >= 11 is 1.67. The number of carboxylic acid groups (broad SMARTS) is 1. The zero-order valence-corrected chi connectivity index (χ0v) is 29.1. The number of carbonyl (C=O) groups is 1. The molecular weight excluding hydrogens is 577 g/mol. The third-order valence-corrected chi connectivity index (χ3v) is 9.03. The number of imidazole rings is 1. The number of aryl methyl sites for hydroxylation is 1. The minimum Gasteiger partial charge on any atom is -0.549 e. The van der Waals surface area contributed by atoms with Crippen molar-refractivity contribution in [1.82, 2.24) is 14.5 Å². The molecule has 5 aromatic rings. The molecule has 0 N–H and O–H groups in total. The molecular formula is C36H40N3NaO3S. The van der Waals surface area contributed by atoms with E-state index < -0.39 is 5.97 Å². The Balaban J connectivity index is 0.00000442. The van der Waals surface area contributed by atoms with Crippen LogP contribution in [0.4, 0.5) is 0 Å².